The van der Waals surface area contributed by atoms with Gasteiger partial charge in [0.05, 0.1) is 19.8 Å². The van der Waals surface area contributed by atoms with Gasteiger partial charge in [-0.25, -0.2) is 4.85 Å². The van der Waals surface area contributed by atoms with E-state index in [-0.39, 0.29) is 81.5 Å². The van der Waals surface area contributed by atoms with Gasteiger partial charge in [-0.1, -0.05) is 120 Å². The number of hydrogen-bond acceptors (Lipinski definition) is 7. The molecule has 0 saturated heterocycles. The van der Waals surface area contributed by atoms with Crippen LogP contribution in [0.3, 0.4) is 0 Å². The van der Waals surface area contributed by atoms with Crippen molar-refractivity contribution in [1.29, 1.82) is 5.26 Å². The summed E-state index contributed by atoms with van der Waals surface area (Å²) in [6.45, 7) is 38.0. The average molecular weight is 885 g/mol. The number of carbonyl (C=O) groups is 2. The van der Waals surface area contributed by atoms with Crippen LogP contribution in [-0.2, 0) is 37.8 Å². The number of rotatable bonds is 20. The Kier molecular flexibility index (Phi) is 16.7. The third-order valence-electron chi connectivity index (χ3n) is 14.2. The maximum absolute atomic E-state index is 14.0. The molecule has 2 heterocycles. The molecule has 1 aliphatic heterocycles. The summed E-state index contributed by atoms with van der Waals surface area (Å²) in [5.74, 6) is -0.100. The molecule has 2 amide bonds. The molecule has 1 N–H and O–H groups in total. The number of allylic oxidation sites excluding steroid dienone is 2. The van der Waals surface area contributed by atoms with Crippen LogP contribution in [-0.4, -0.2) is 46.1 Å². The van der Waals surface area contributed by atoms with Crippen molar-refractivity contribution in [3.05, 3.63) is 120 Å². The maximum Gasteiger partial charge on any atom is 0.271 e. The number of hydrogen-bond donors (Lipinski definition) is 1. The van der Waals surface area contributed by atoms with Gasteiger partial charge in [-0.2, -0.15) is 5.26 Å². The predicted octanol–water partition coefficient (Wildman–Crippen LogP) is 12.3. The molecule has 0 saturated carbocycles. The van der Waals surface area contributed by atoms with Crippen molar-refractivity contribution in [3.63, 3.8) is 0 Å². The highest BCUT2D eigenvalue weighted by Crippen LogP contribution is 2.40. The SMILES string of the molecule is [C-]#[N+]c1c(C)c(C=CC=C2C(=O)N(CCCOc3ccc(C(C)(C)CC)cc3C(C)(C)CC)C(=O)C(C#N)=C2C)c(=O)n(CCCOc2ccc(C(C)(C)CC)cc2C(C)(C)CC)c1O. The molecule has 10 nitrogen and oxygen atoms in total. The number of nitriles is 1. The van der Waals surface area contributed by atoms with Crippen molar-refractivity contribution < 1.29 is 24.2 Å². The van der Waals surface area contributed by atoms with E-state index in [9.17, 15) is 24.8 Å². The predicted molar refractivity (Wildman–Crippen MR) is 262 cm³/mol. The summed E-state index contributed by atoms with van der Waals surface area (Å²) < 4.78 is 13.8. The molecule has 0 aliphatic carbocycles. The molecule has 1 aliphatic rings. The average Bonchev–Trinajstić information content (AvgIpc) is 3.28. The standard InChI is InChI=1S/C55H72N4O6/c1-16-52(7,8)38-25-27-45(43(33-38)54(11,12)18-3)64-31-21-29-58-48(60)40(36(5)42(35-56)50(58)62)23-20-24-41-37(6)47(57-15)51(63)59(49(41)61)30-22-32-65-46-28-26-39(53(9,10)17-2)34-44(46)55(13,14)19-4/h20,23-28,33-34,63H,16-19,21-22,29-32H2,1-14H3. The first-order valence-corrected chi connectivity index (χ1v) is 23.2. The molecule has 3 aromatic rings. The molecular formula is C55H72N4O6. The first kappa shape index (κ1) is 51.8. The van der Waals surface area contributed by atoms with Crippen LogP contribution in [0.1, 0.15) is 162 Å². The summed E-state index contributed by atoms with van der Waals surface area (Å²) in [5, 5.41) is 21.1. The Labute approximate surface area is 388 Å². The summed E-state index contributed by atoms with van der Waals surface area (Å²) >= 11 is 0. The molecule has 0 bridgehead atoms. The van der Waals surface area contributed by atoms with E-state index in [4.69, 9.17) is 16.0 Å². The summed E-state index contributed by atoms with van der Waals surface area (Å²) in [5.41, 5.74) is 4.59. The number of nitrogens with zero attached hydrogens (tertiary/aromatic N) is 4. The van der Waals surface area contributed by atoms with E-state index in [0.717, 1.165) is 53.2 Å². The number of benzene rings is 2. The molecule has 0 atom stereocenters. The van der Waals surface area contributed by atoms with E-state index in [1.807, 2.05) is 18.2 Å². The first-order valence-electron chi connectivity index (χ1n) is 23.2. The van der Waals surface area contributed by atoms with Crippen molar-refractivity contribution in [2.75, 3.05) is 19.8 Å². The van der Waals surface area contributed by atoms with E-state index in [0.29, 0.717) is 12.8 Å². The third kappa shape index (κ3) is 11.2. The molecule has 348 valence electrons. The molecule has 0 fully saturated rings. The number of aromatic nitrogens is 1. The van der Waals surface area contributed by atoms with E-state index >= 15 is 0 Å². The second kappa shape index (κ2) is 21.0. The van der Waals surface area contributed by atoms with Crippen LogP contribution < -0.4 is 15.0 Å². The van der Waals surface area contributed by atoms with Gasteiger partial charge in [0.25, 0.3) is 17.4 Å². The van der Waals surface area contributed by atoms with Gasteiger partial charge in [0.15, 0.2) is 5.88 Å². The maximum atomic E-state index is 14.0. The number of carbonyl (C=O) groups excluding carboxylic acids is 2. The van der Waals surface area contributed by atoms with Crippen molar-refractivity contribution in [1.82, 2.24) is 9.47 Å². The van der Waals surface area contributed by atoms with Crippen LogP contribution in [0.25, 0.3) is 10.9 Å². The Morgan fingerprint density at radius 3 is 1.66 bits per heavy atom. The quantitative estimate of drug-likeness (QED) is 0.0518. The summed E-state index contributed by atoms with van der Waals surface area (Å²) in [6, 6.07) is 14.7. The zero-order valence-corrected chi connectivity index (χ0v) is 41.5. The Balaban J connectivity index is 1.55. The van der Waals surface area contributed by atoms with Crippen molar-refractivity contribution in [3.8, 4) is 23.4 Å². The summed E-state index contributed by atoms with van der Waals surface area (Å²) in [6.07, 6.45) is 9.01. The van der Waals surface area contributed by atoms with Crippen LogP contribution >= 0.6 is 0 Å². The lowest BCUT2D eigenvalue weighted by atomic mass is 9.76. The van der Waals surface area contributed by atoms with Gasteiger partial charge in [-0.15, -0.1) is 0 Å². The van der Waals surface area contributed by atoms with Crippen LogP contribution in [0, 0.1) is 24.8 Å². The van der Waals surface area contributed by atoms with E-state index in [1.165, 1.54) is 33.9 Å². The number of pyridine rings is 1. The molecular weight excluding hydrogens is 813 g/mol. The molecule has 0 unspecified atom stereocenters. The van der Waals surface area contributed by atoms with Gasteiger partial charge in [0, 0.05) is 35.4 Å². The molecule has 0 spiro atoms. The van der Waals surface area contributed by atoms with Crippen LogP contribution in [0.5, 0.6) is 17.4 Å². The smallest absolute Gasteiger partial charge is 0.271 e. The second-order valence-corrected chi connectivity index (χ2v) is 19.9. The van der Waals surface area contributed by atoms with Gasteiger partial charge in [0.1, 0.15) is 23.1 Å². The highest BCUT2D eigenvalue weighted by Gasteiger charge is 2.35. The Hall–Kier alpha value is -5.87. The Bertz CT molecular complexity index is 2520. The summed E-state index contributed by atoms with van der Waals surface area (Å²) in [4.78, 5) is 45.9. The number of ether oxygens (including phenoxy) is 2. The number of imide groups is 1. The minimum atomic E-state index is -0.666. The lowest BCUT2D eigenvalue weighted by Crippen LogP contribution is -2.43. The van der Waals surface area contributed by atoms with Gasteiger partial charge in [-0.3, -0.25) is 23.9 Å². The lowest BCUT2D eigenvalue weighted by Gasteiger charge is -2.30. The topological polar surface area (TPSA) is 126 Å². The fourth-order valence-corrected chi connectivity index (χ4v) is 7.77. The molecule has 4 rings (SSSR count). The van der Waals surface area contributed by atoms with Gasteiger partial charge in [0.2, 0.25) is 5.69 Å². The highest BCUT2D eigenvalue weighted by atomic mass is 16.5. The monoisotopic (exact) mass is 885 g/mol. The highest BCUT2D eigenvalue weighted by molar-refractivity contribution is 6.18. The first-order chi connectivity index (χ1) is 30.5. The normalized spacial score (nSPS) is 14.6. The van der Waals surface area contributed by atoms with Crippen molar-refractivity contribution >= 4 is 23.6 Å². The van der Waals surface area contributed by atoms with E-state index in [1.54, 1.807) is 13.8 Å². The van der Waals surface area contributed by atoms with Gasteiger partial charge < -0.3 is 14.6 Å². The van der Waals surface area contributed by atoms with Crippen LogP contribution in [0.4, 0.5) is 5.69 Å². The minimum absolute atomic E-state index is 0.00615. The lowest BCUT2D eigenvalue weighted by molar-refractivity contribution is -0.140. The Morgan fingerprint density at radius 2 is 1.22 bits per heavy atom. The van der Waals surface area contributed by atoms with E-state index < -0.39 is 23.3 Å². The van der Waals surface area contributed by atoms with Crippen molar-refractivity contribution in [2.24, 2.45) is 0 Å². The number of aromatic hydroxyl groups is 1. The molecule has 10 heteroatoms. The third-order valence-corrected chi connectivity index (χ3v) is 14.2. The fraction of sp³-hybridized carbons (Fsp3) is 0.509. The molecule has 0 radical (unpaired) electrons. The van der Waals surface area contributed by atoms with E-state index in [2.05, 4.69) is 112 Å². The Morgan fingerprint density at radius 1 is 0.738 bits per heavy atom. The fourth-order valence-electron chi connectivity index (χ4n) is 7.77. The molecule has 2 aromatic carbocycles. The summed E-state index contributed by atoms with van der Waals surface area (Å²) in [7, 11) is 0. The van der Waals surface area contributed by atoms with Gasteiger partial charge in [-0.05, 0) is 115 Å². The zero-order chi connectivity index (χ0) is 48.7. The van der Waals surface area contributed by atoms with Gasteiger partial charge >= 0.3 is 0 Å². The number of amides is 2. The van der Waals surface area contributed by atoms with Crippen molar-refractivity contribution in [2.45, 2.75) is 164 Å². The van der Waals surface area contributed by atoms with Crippen LogP contribution in [0.2, 0.25) is 0 Å². The molecule has 1 aromatic heterocycles. The minimum Gasteiger partial charge on any atom is -0.503 e. The zero-order valence-electron chi connectivity index (χ0n) is 41.5. The second-order valence-electron chi connectivity index (χ2n) is 19.9. The largest absolute Gasteiger partial charge is 0.503 e. The van der Waals surface area contributed by atoms with Crippen LogP contribution in [0.15, 0.2) is 70.1 Å². The molecule has 65 heavy (non-hydrogen) atoms.